The lowest BCUT2D eigenvalue weighted by Crippen LogP contribution is -2.45. The van der Waals surface area contributed by atoms with Crippen molar-refractivity contribution in [1.82, 2.24) is 24.4 Å². The van der Waals surface area contributed by atoms with E-state index in [4.69, 9.17) is 44.8 Å². The molecular formula is C54H95F5N8O13P2S2. The number of nitrogens with zero attached hydrogens (tertiary/aromatic N) is 4. The van der Waals surface area contributed by atoms with E-state index in [0.717, 1.165) is 78.2 Å². The van der Waals surface area contributed by atoms with Crippen molar-refractivity contribution in [2.24, 2.45) is 5.73 Å². The standard InChI is InChI=1S/C28H47F4N4O7PS.C26H48FN4O6PS/c1-2-3-4-5-6-7-8-9-10-11-12-13-14-15-16-21(34-26(37)28(30,31)32)18-41-44(39,40)42-19-24-43-23(20-45-24)36-17-22(29)25(33)35-27(36)38;1-2-3-4-5-6-7-8-9-10-11-12-13-14-15-16-21(28)18-35-38(33,34)36-19-24-37-23(20-39-24)31-17-22(27)25(29)30-26(31)32/h17,21,23-24H,2-16,18-20H2,1H3,(H,34,37)(H,39,40)(H2,33,35,38);17,21,23-24H,2-16,18-20,28H2,1H3,(H,33,34)(H2,29,30,32)/t2*21-,23+,24-/m11/s1. The molecule has 2 aromatic heterocycles. The number of hydrogen-bond acceptors (Lipinski definition) is 18. The van der Waals surface area contributed by atoms with Crippen LogP contribution in [0.3, 0.4) is 0 Å². The van der Waals surface area contributed by atoms with Crippen molar-refractivity contribution in [1.29, 1.82) is 0 Å². The predicted octanol–water partition coefficient (Wildman–Crippen LogP) is 12.5. The largest absolute Gasteiger partial charge is 0.472 e. The molecule has 2 aromatic rings. The Morgan fingerprint density at radius 1 is 0.619 bits per heavy atom. The van der Waals surface area contributed by atoms with E-state index in [0.29, 0.717) is 18.6 Å². The molecule has 0 radical (unpaired) electrons. The van der Waals surface area contributed by atoms with Crippen molar-refractivity contribution in [3.63, 3.8) is 0 Å². The fourth-order valence-electron chi connectivity index (χ4n) is 9.17. The highest BCUT2D eigenvalue weighted by Gasteiger charge is 2.40. The van der Waals surface area contributed by atoms with Crippen LogP contribution in [0.4, 0.5) is 33.6 Å². The number of thioether (sulfide) groups is 2. The van der Waals surface area contributed by atoms with Gasteiger partial charge in [-0.2, -0.15) is 23.1 Å². The number of nitrogens with one attached hydrogen (secondary N) is 1. The number of anilines is 2. The first kappa shape index (κ1) is 75.5. The van der Waals surface area contributed by atoms with Crippen LogP contribution in [0.25, 0.3) is 0 Å². The number of halogens is 5. The van der Waals surface area contributed by atoms with Crippen molar-refractivity contribution in [2.45, 2.75) is 248 Å². The zero-order valence-electron chi connectivity index (χ0n) is 49.1. The molecule has 0 bridgehead atoms. The van der Waals surface area contributed by atoms with E-state index in [1.54, 1.807) is 0 Å². The highest BCUT2D eigenvalue weighted by molar-refractivity contribution is 8.00. The van der Waals surface area contributed by atoms with Gasteiger partial charge in [0, 0.05) is 17.5 Å². The minimum Gasteiger partial charge on any atom is -0.381 e. The second-order valence-electron chi connectivity index (χ2n) is 21.4. The number of alkyl halides is 3. The Bertz CT molecular complexity index is 2370. The van der Waals surface area contributed by atoms with Crippen LogP contribution in [-0.4, -0.2) is 102 Å². The molecule has 21 nitrogen and oxygen atoms in total. The van der Waals surface area contributed by atoms with Crippen LogP contribution >= 0.6 is 39.2 Å². The summed E-state index contributed by atoms with van der Waals surface area (Å²) in [4.78, 5) is 62.3. The zero-order valence-corrected chi connectivity index (χ0v) is 52.5. The molecule has 1 amide bonds. The number of amides is 1. The number of aromatic nitrogens is 4. The lowest BCUT2D eigenvalue weighted by molar-refractivity contribution is -0.174. The topological polar surface area (TPSA) is 307 Å². The van der Waals surface area contributed by atoms with E-state index in [-0.39, 0.29) is 31.4 Å². The van der Waals surface area contributed by atoms with Crippen LogP contribution in [0.5, 0.6) is 0 Å². The lowest BCUT2D eigenvalue weighted by Gasteiger charge is -2.21. The fourth-order valence-corrected chi connectivity index (χ4v) is 12.9. The third-order valence-corrected chi connectivity index (χ3v) is 18.1. The van der Waals surface area contributed by atoms with Gasteiger partial charge >= 0.3 is 39.1 Å². The molecule has 4 heterocycles. The maximum Gasteiger partial charge on any atom is 0.472 e. The number of phosphoric ester groups is 2. The summed E-state index contributed by atoms with van der Waals surface area (Å²) in [6, 6.07) is -1.52. The van der Waals surface area contributed by atoms with E-state index in [1.807, 2.05) is 5.32 Å². The van der Waals surface area contributed by atoms with Crippen LogP contribution in [0, 0.1) is 11.6 Å². The molecule has 0 saturated carbocycles. The van der Waals surface area contributed by atoms with Crippen molar-refractivity contribution in [3.8, 4) is 0 Å². The summed E-state index contributed by atoms with van der Waals surface area (Å²) in [5.41, 5.74) is 13.5. The Balaban J connectivity index is 0.000000445. The van der Waals surface area contributed by atoms with Crippen molar-refractivity contribution >= 4 is 56.7 Å². The van der Waals surface area contributed by atoms with Crippen LogP contribution < -0.4 is 33.9 Å². The molecule has 2 fully saturated rings. The molecule has 486 valence electrons. The van der Waals surface area contributed by atoms with Crippen LogP contribution in [0.15, 0.2) is 22.0 Å². The highest BCUT2D eigenvalue weighted by atomic mass is 32.2. The molecule has 9 N–H and O–H groups in total. The van der Waals surface area contributed by atoms with E-state index >= 15 is 0 Å². The fraction of sp³-hybridized carbons (Fsp3) is 0.833. The molecule has 8 atom stereocenters. The summed E-state index contributed by atoms with van der Waals surface area (Å²) in [6.45, 7) is 2.97. The van der Waals surface area contributed by atoms with Gasteiger partial charge in [0.2, 0.25) is 0 Å². The molecule has 4 rings (SSSR count). The van der Waals surface area contributed by atoms with Crippen molar-refractivity contribution in [3.05, 3.63) is 45.0 Å². The van der Waals surface area contributed by atoms with Gasteiger partial charge in [-0.3, -0.25) is 32.0 Å². The third-order valence-electron chi connectivity index (χ3n) is 14.0. The Morgan fingerprint density at radius 2 is 0.952 bits per heavy atom. The molecule has 0 spiro atoms. The number of unbranched alkanes of at least 4 members (excludes halogenated alkanes) is 26. The smallest absolute Gasteiger partial charge is 0.381 e. The summed E-state index contributed by atoms with van der Waals surface area (Å²) >= 11 is 2.36. The molecule has 0 aromatic carbocycles. The number of rotatable bonds is 45. The van der Waals surface area contributed by atoms with Gasteiger partial charge < -0.3 is 41.8 Å². The second kappa shape index (κ2) is 42.3. The number of ether oxygens (including phenoxy) is 2. The summed E-state index contributed by atoms with van der Waals surface area (Å²) in [7, 11) is -9.07. The number of carbonyl (C=O) groups excluding carboxylic acids is 1. The van der Waals surface area contributed by atoms with E-state index < -0.39 is 105 Å². The molecule has 2 aliphatic rings. The summed E-state index contributed by atoms with van der Waals surface area (Å²) in [5.74, 6) is -4.49. The van der Waals surface area contributed by atoms with Gasteiger partial charge in [0.15, 0.2) is 23.3 Å². The minimum atomic E-state index is -5.12. The first-order valence-corrected chi connectivity index (χ1v) is 35.1. The van der Waals surface area contributed by atoms with Crippen molar-refractivity contribution in [2.75, 3.05) is 49.4 Å². The second-order valence-corrected chi connectivity index (χ2v) is 26.6. The average Bonchev–Trinajstić information content (AvgIpc) is 3.63. The molecule has 2 aliphatic heterocycles. The average molecular weight is 1290 g/mol. The Kier molecular flexibility index (Phi) is 38.0. The minimum absolute atomic E-state index is 0.0840. The number of nitrogens with two attached hydrogens (primary N) is 3. The van der Waals surface area contributed by atoms with Crippen LogP contribution in [0.1, 0.15) is 219 Å². The number of carbonyl (C=O) groups is 1. The predicted molar refractivity (Wildman–Crippen MR) is 318 cm³/mol. The lowest BCUT2D eigenvalue weighted by atomic mass is 10.0. The zero-order chi connectivity index (χ0) is 61.8. The van der Waals surface area contributed by atoms with Gasteiger partial charge in [0.05, 0.1) is 44.9 Å². The van der Waals surface area contributed by atoms with Gasteiger partial charge in [-0.1, -0.05) is 194 Å². The summed E-state index contributed by atoms with van der Waals surface area (Å²) in [6.07, 6.45) is 29.2. The molecule has 84 heavy (non-hydrogen) atoms. The maximum absolute atomic E-state index is 13.7. The normalized spacial score (nSPS) is 19.4. The Morgan fingerprint density at radius 3 is 1.31 bits per heavy atom. The monoisotopic (exact) mass is 1280 g/mol. The maximum atomic E-state index is 13.7. The third kappa shape index (κ3) is 33.0. The Labute approximate surface area is 500 Å². The van der Waals surface area contributed by atoms with Gasteiger partial charge in [-0.05, 0) is 12.8 Å². The first-order chi connectivity index (χ1) is 40.0. The summed E-state index contributed by atoms with van der Waals surface area (Å²) < 4.78 is 124. The quantitative estimate of drug-likeness (QED) is 0.0204. The summed E-state index contributed by atoms with van der Waals surface area (Å²) in [5, 5.41) is 1.83. The van der Waals surface area contributed by atoms with Crippen molar-refractivity contribution < 1.29 is 73.2 Å². The molecule has 2 unspecified atom stereocenters. The SMILES string of the molecule is CCCCCCCCCCCCCCCC[C@@H](N)COP(=O)(O)OC[C@@H]1O[C@H](n2cc(F)c(N)nc2=O)CS1.CCCCCCCCCCCCCCCC[C@H](COP(=O)(O)OC[C@@H]1O[C@H](n2cc(F)c(N)nc2=O)CS1)NC(=O)C(F)(F)F. The van der Waals surface area contributed by atoms with Crippen LogP contribution in [0.2, 0.25) is 0 Å². The Hall–Kier alpha value is -2.72. The first-order valence-electron chi connectivity index (χ1n) is 30.0. The molecule has 0 aliphatic carbocycles. The van der Waals surface area contributed by atoms with Gasteiger partial charge in [-0.15, -0.1) is 23.5 Å². The van der Waals surface area contributed by atoms with Gasteiger partial charge in [0.25, 0.3) is 0 Å². The van der Waals surface area contributed by atoms with E-state index in [9.17, 15) is 55.3 Å². The number of hydrogen-bond donors (Lipinski definition) is 6. The van der Waals surface area contributed by atoms with Crippen LogP contribution in [-0.2, 0) is 41.5 Å². The molecule has 2 saturated heterocycles. The van der Waals surface area contributed by atoms with E-state index in [2.05, 4.69) is 23.8 Å². The molecular weight excluding hydrogens is 1190 g/mol. The molecule has 30 heteroatoms. The highest BCUT2D eigenvalue weighted by Crippen LogP contribution is 2.46. The number of phosphoric acid groups is 2. The van der Waals surface area contributed by atoms with Gasteiger partial charge in [-0.25, -0.2) is 27.5 Å². The number of nitrogen functional groups attached to an aromatic ring is 2. The van der Waals surface area contributed by atoms with Gasteiger partial charge in [0.1, 0.15) is 23.3 Å². The van der Waals surface area contributed by atoms with E-state index in [1.165, 1.54) is 140 Å².